The summed E-state index contributed by atoms with van der Waals surface area (Å²) in [6.07, 6.45) is 1.38. The number of aliphatic carboxylic acids is 1. The fourth-order valence-corrected chi connectivity index (χ4v) is 2.71. The first kappa shape index (κ1) is 14.8. The van der Waals surface area contributed by atoms with Crippen LogP contribution < -0.4 is 5.32 Å². The van der Waals surface area contributed by atoms with Crippen LogP contribution in [0, 0.1) is 5.92 Å². The zero-order valence-corrected chi connectivity index (χ0v) is 12.6. The predicted molar refractivity (Wildman–Crippen MR) is 78.3 cm³/mol. The topological polar surface area (TPSA) is 69.6 Å². The predicted octanol–water partition coefficient (Wildman–Crippen LogP) is 2.46. The molecule has 6 heteroatoms. The number of carbonyl (C=O) groups is 2. The lowest BCUT2D eigenvalue weighted by molar-refractivity contribution is -0.143. The summed E-state index contributed by atoms with van der Waals surface area (Å²) < 4.78 is 0.947. The van der Waals surface area contributed by atoms with E-state index in [1.165, 1.54) is 0 Å². The Morgan fingerprint density at radius 2 is 2.15 bits per heavy atom. The van der Waals surface area contributed by atoms with Crippen molar-refractivity contribution < 1.29 is 14.7 Å². The molecule has 0 bridgehead atoms. The summed E-state index contributed by atoms with van der Waals surface area (Å²) in [4.78, 5) is 24.6. The van der Waals surface area contributed by atoms with E-state index < -0.39 is 11.9 Å². The minimum atomic E-state index is -0.826. The minimum Gasteiger partial charge on any atom is -0.481 e. The van der Waals surface area contributed by atoms with E-state index in [1.807, 2.05) is 24.3 Å². The molecule has 1 atom stereocenters. The average Bonchev–Trinajstić information content (AvgIpc) is 2.46. The fourth-order valence-electron chi connectivity index (χ4n) is 2.29. The van der Waals surface area contributed by atoms with E-state index in [0.717, 1.165) is 16.5 Å². The van der Waals surface area contributed by atoms with Crippen LogP contribution in [0.5, 0.6) is 0 Å². The third kappa shape index (κ3) is 3.72. The summed E-state index contributed by atoms with van der Waals surface area (Å²) in [5.41, 5.74) is 0.993. The molecule has 2 N–H and O–H groups in total. The number of carbonyl (C=O) groups excluding carboxylic acids is 1. The summed E-state index contributed by atoms with van der Waals surface area (Å²) in [6, 6.07) is 7.47. The van der Waals surface area contributed by atoms with Crippen molar-refractivity contribution in [1.82, 2.24) is 10.2 Å². The van der Waals surface area contributed by atoms with Gasteiger partial charge in [-0.3, -0.25) is 4.79 Å². The maximum atomic E-state index is 12.1. The minimum absolute atomic E-state index is 0.202. The number of rotatable bonds is 3. The molecule has 2 amide bonds. The highest BCUT2D eigenvalue weighted by atomic mass is 79.9. The number of nitrogens with zero attached hydrogens (tertiary/aromatic N) is 1. The molecule has 0 aromatic heterocycles. The van der Waals surface area contributed by atoms with Gasteiger partial charge in [0, 0.05) is 24.1 Å². The van der Waals surface area contributed by atoms with E-state index in [-0.39, 0.29) is 12.6 Å². The summed E-state index contributed by atoms with van der Waals surface area (Å²) in [7, 11) is 0. The van der Waals surface area contributed by atoms with Crippen molar-refractivity contribution in [3.05, 3.63) is 34.3 Å². The first-order chi connectivity index (χ1) is 9.58. The maximum absolute atomic E-state index is 12.1. The summed E-state index contributed by atoms with van der Waals surface area (Å²) in [6.45, 7) is 1.33. The van der Waals surface area contributed by atoms with Crippen molar-refractivity contribution in [3.8, 4) is 0 Å². The van der Waals surface area contributed by atoms with Gasteiger partial charge >= 0.3 is 12.0 Å². The second-order valence-electron chi connectivity index (χ2n) is 4.87. The monoisotopic (exact) mass is 340 g/mol. The van der Waals surface area contributed by atoms with E-state index in [1.54, 1.807) is 4.90 Å². The van der Waals surface area contributed by atoms with Crippen LogP contribution in [-0.4, -0.2) is 35.1 Å². The van der Waals surface area contributed by atoms with Crippen LogP contribution >= 0.6 is 15.9 Å². The molecule has 5 nitrogen and oxygen atoms in total. The van der Waals surface area contributed by atoms with Crippen LogP contribution in [-0.2, 0) is 11.3 Å². The van der Waals surface area contributed by atoms with E-state index in [4.69, 9.17) is 5.11 Å². The fraction of sp³-hybridized carbons (Fsp3) is 0.429. The number of nitrogens with one attached hydrogen (secondary N) is 1. The maximum Gasteiger partial charge on any atom is 0.317 e. The molecule has 20 heavy (non-hydrogen) atoms. The highest BCUT2D eigenvalue weighted by Gasteiger charge is 2.27. The number of amides is 2. The van der Waals surface area contributed by atoms with Gasteiger partial charge in [0.05, 0.1) is 5.92 Å². The van der Waals surface area contributed by atoms with Gasteiger partial charge in [0.25, 0.3) is 0 Å². The number of hydrogen-bond donors (Lipinski definition) is 2. The number of piperidine rings is 1. The van der Waals surface area contributed by atoms with Gasteiger partial charge in [0.1, 0.15) is 0 Å². The number of hydrogen-bond acceptors (Lipinski definition) is 2. The Hall–Kier alpha value is -1.56. The third-order valence-corrected chi connectivity index (χ3v) is 4.22. The zero-order chi connectivity index (χ0) is 14.5. The Bertz CT molecular complexity index is 507. The molecule has 1 aliphatic heterocycles. The van der Waals surface area contributed by atoms with Gasteiger partial charge in [0.15, 0.2) is 0 Å². The second-order valence-corrected chi connectivity index (χ2v) is 5.73. The summed E-state index contributed by atoms with van der Waals surface area (Å²) in [5.74, 6) is -1.27. The first-order valence-electron chi connectivity index (χ1n) is 6.57. The van der Waals surface area contributed by atoms with E-state index >= 15 is 0 Å². The lowest BCUT2D eigenvalue weighted by Gasteiger charge is -2.30. The Labute approximate surface area is 126 Å². The van der Waals surface area contributed by atoms with Crippen LogP contribution in [0.15, 0.2) is 28.7 Å². The molecule has 2 rings (SSSR count). The average molecular weight is 341 g/mol. The van der Waals surface area contributed by atoms with Gasteiger partial charge in [-0.05, 0) is 24.5 Å². The van der Waals surface area contributed by atoms with Crippen molar-refractivity contribution in [2.75, 3.05) is 13.1 Å². The molecule has 1 heterocycles. The third-order valence-electron chi connectivity index (χ3n) is 3.45. The number of carboxylic acids is 1. The van der Waals surface area contributed by atoms with Gasteiger partial charge in [-0.25, -0.2) is 4.79 Å². The zero-order valence-electron chi connectivity index (χ0n) is 11.0. The Balaban J connectivity index is 1.89. The molecule has 1 fully saturated rings. The van der Waals surface area contributed by atoms with Gasteiger partial charge in [-0.15, -0.1) is 0 Å². The molecule has 1 aromatic carbocycles. The quantitative estimate of drug-likeness (QED) is 0.887. The van der Waals surface area contributed by atoms with Gasteiger partial charge in [-0.2, -0.15) is 0 Å². The van der Waals surface area contributed by atoms with Gasteiger partial charge < -0.3 is 15.3 Å². The smallest absolute Gasteiger partial charge is 0.317 e. The van der Waals surface area contributed by atoms with Crippen LogP contribution in [0.25, 0.3) is 0 Å². The standard InChI is InChI=1S/C14H17BrN2O3/c15-12-6-2-1-4-10(12)8-16-14(20)17-7-3-5-11(9-17)13(18)19/h1-2,4,6,11H,3,5,7-9H2,(H,16,20)(H,18,19). The molecule has 1 saturated heterocycles. The molecule has 108 valence electrons. The Morgan fingerprint density at radius 1 is 1.40 bits per heavy atom. The van der Waals surface area contributed by atoms with Crippen LogP contribution in [0.4, 0.5) is 4.79 Å². The molecule has 1 unspecified atom stereocenters. The molecule has 0 radical (unpaired) electrons. The number of halogens is 1. The number of urea groups is 1. The lowest BCUT2D eigenvalue weighted by Crippen LogP contribution is -2.46. The van der Waals surface area contributed by atoms with Crippen molar-refractivity contribution >= 4 is 27.9 Å². The van der Waals surface area contributed by atoms with Gasteiger partial charge in [0.2, 0.25) is 0 Å². The highest BCUT2D eigenvalue weighted by Crippen LogP contribution is 2.18. The molecule has 0 saturated carbocycles. The van der Waals surface area contributed by atoms with Crippen LogP contribution in [0.2, 0.25) is 0 Å². The largest absolute Gasteiger partial charge is 0.481 e. The SMILES string of the molecule is O=C(O)C1CCCN(C(=O)NCc2ccccc2Br)C1. The van der Waals surface area contributed by atoms with E-state index in [0.29, 0.717) is 19.5 Å². The Morgan fingerprint density at radius 3 is 2.85 bits per heavy atom. The Kier molecular flexibility index (Phi) is 5.00. The van der Waals surface area contributed by atoms with Crippen LogP contribution in [0.1, 0.15) is 18.4 Å². The molecule has 0 spiro atoms. The van der Waals surface area contributed by atoms with Crippen molar-refractivity contribution in [3.63, 3.8) is 0 Å². The first-order valence-corrected chi connectivity index (χ1v) is 7.36. The number of likely N-dealkylation sites (tertiary alicyclic amines) is 1. The van der Waals surface area contributed by atoms with Gasteiger partial charge in [-0.1, -0.05) is 34.1 Å². The lowest BCUT2D eigenvalue weighted by atomic mass is 9.99. The van der Waals surface area contributed by atoms with Crippen molar-refractivity contribution in [1.29, 1.82) is 0 Å². The van der Waals surface area contributed by atoms with Crippen molar-refractivity contribution in [2.24, 2.45) is 5.92 Å². The second kappa shape index (κ2) is 6.74. The van der Waals surface area contributed by atoms with E-state index in [9.17, 15) is 9.59 Å². The number of benzene rings is 1. The molecule has 0 aliphatic carbocycles. The molecule has 1 aliphatic rings. The molecular weight excluding hydrogens is 324 g/mol. The molecule has 1 aromatic rings. The van der Waals surface area contributed by atoms with Crippen LogP contribution in [0.3, 0.4) is 0 Å². The summed E-state index contributed by atoms with van der Waals surface area (Å²) in [5, 5.41) is 11.9. The normalized spacial score (nSPS) is 18.6. The number of carboxylic acid groups (broad SMARTS) is 1. The van der Waals surface area contributed by atoms with E-state index in [2.05, 4.69) is 21.2 Å². The highest BCUT2D eigenvalue weighted by molar-refractivity contribution is 9.10. The van der Waals surface area contributed by atoms with Crippen molar-refractivity contribution in [2.45, 2.75) is 19.4 Å². The molecular formula is C14H17BrN2O3. The summed E-state index contributed by atoms with van der Waals surface area (Å²) >= 11 is 3.43.